The normalized spacial score (nSPS) is 14.3. The summed E-state index contributed by atoms with van der Waals surface area (Å²) in [6.07, 6.45) is -1.57. The van der Waals surface area contributed by atoms with Gasteiger partial charge in [0, 0.05) is 0 Å². The molecular weight excluding hydrogens is 429 g/mol. The van der Waals surface area contributed by atoms with E-state index in [1.165, 1.54) is 0 Å². The Kier molecular flexibility index (Phi) is 5.31. The lowest BCUT2D eigenvalue weighted by Crippen LogP contribution is -2.19. The van der Waals surface area contributed by atoms with Crippen LogP contribution in [0.5, 0.6) is 11.5 Å². The molecule has 0 atom stereocenters. The Bertz CT molecular complexity index is 1290. The molecule has 1 aliphatic carbocycles. The van der Waals surface area contributed by atoms with E-state index in [2.05, 4.69) is 6.58 Å². The average molecular weight is 448 g/mol. The van der Waals surface area contributed by atoms with Crippen molar-refractivity contribution in [1.29, 1.82) is 0 Å². The van der Waals surface area contributed by atoms with Crippen molar-refractivity contribution in [2.75, 3.05) is 0 Å². The summed E-state index contributed by atoms with van der Waals surface area (Å²) in [5.74, 6) is 0.288. The molecule has 1 N–H and O–H groups in total. The standard InChI is InChI=1S/C23H19F3O4S/c1-2-14-7-8-16-12-17(10-9-15(16)11-14)30-21-13-20(23(24,25)26)22(31(27,28)29)19-6-4-3-5-18(19)21/h2,7-13H,1,3-6H2,(H,27,28,29). The molecular formula is C23H19F3O4S. The van der Waals surface area contributed by atoms with Gasteiger partial charge in [0.05, 0.1) is 5.56 Å². The van der Waals surface area contributed by atoms with Gasteiger partial charge in [0.2, 0.25) is 0 Å². The molecule has 0 aromatic heterocycles. The molecule has 31 heavy (non-hydrogen) atoms. The van der Waals surface area contributed by atoms with E-state index in [1.54, 1.807) is 24.3 Å². The van der Waals surface area contributed by atoms with Gasteiger partial charge >= 0.3 is 6.18 Å². The van der Waals surface area contributed by atoms with Gasteiger partial charge in [0.25, 0.3) is 10.1 Å². The van der Waals surface area contributed by atoms with Crippen LogP contribution in [0.3, 0.4) is 0 Å². The van der Waals surface area contributed by atoms with Crippen molar-refractivity contribution in [2.45, 2.75) is 36.8 Å². The Labute approximate surface area is 177 Å². The second-order valence-corrected chi connectivity index (χ2v) is 8.82. The highest BCUT2D eigenvalue weighted by Crippen LogP contribution is 2.44. The molecule has 0 saturated heterocycles. The third kappa shape index (κ3) is 4.18. The number of hydrogen-bond acceptors (Lipinski definition) is 3. The number of alkyl halides is 3. The van der Waals surface area contributed by atoms with Crippen LogP contribution in [0.4, 0.5) is 13.2 Å². The summed E-state index contributed by atoms with van der Waals surface area (Å²) in [4.78, 5) is -1.06. The molecule has 0 fully saturated rings. The molecule has 0 aliphatic heterocycles. The largest absolute Gasteiger partial charge is 0.457 e. The summed E-state index contributed by atoms with van der Waals surface area (Å²) in [6, 6.07) is 11.5. The Balaban J connectivity index is 1.87. The summed E-state index contributed by atoms with van der Waals surface area (Å²) in [6.45, 7) is 3.73. The summed E-state index contributed by atoms with van der Waals surface area (Å²) in [5, 5.41) is 1.76. The highest BCUT2D eigenvalue weighted by atomic mass is 32.2. The fourth-order valence-corrected chi connectivity index (χ4v) is 5.02. The molecule has 0 amide bonds. The van der Waals surface area contributed by atoms with Crippen LogP contribution >= 0.6 is 0 Å². The summed E-state index contributed by atoms with van der Waals surface area (Å²) in [7, 11) is -5.07. The SMILES string of the molecule is C=Cc1ccc2cc(Oc3cc(C(F)(F)F)c(S(=O)(=O)O)c4c3CCCC4)ccc2c1. The monoisotopic (exact) mass is 448 g/mol. The lowest BCUT2D eigenvalue weighted by molar-refractivity contribution is -0.140. The van der Waals surface area contributed by atoms with Crippen LogP contribution in [-0.2, 0) is 29.1 Å². The maximum absolute atomic E-state index is 13.7. The predicted molar refractivity (Wildman–Crippen MR) is 112 cm³/mol. The Hall–Kier alpha value is -2.84. The van der Waals surface area contributed by atoms with Gasteiger partial charge in [-0.05, 0) is 77.4 Å². The van der Waals surface area contributed by atoms with Crippen molar-refractivity contribution >= 4 is 27.0 Å². The second kappa shape index (κ2) is 7.69. The van der Waals surface area contributed by atoms with Crippen LogP contribution in [0.1, 0.15) is 35.1 Å². The topological polar surface area (TPSA) is 63.6 Å². The molecule has 0 bridgehead atoms. The van der Waals surface area contributed by atoms with Gasteiger partial charge in [-0.2, -0.15) is 21.6 Å². The van der Waals surface area contributed by atoms with Crippen molar-refractivity contribution in [3.63, 3.8) is 0 Å². The molecule has 4 nitrogen and oxygen atoms in total. The number of ether oxygens (including phenoxy) is 1. The summed E-state index contributed by atoms with van der Waals surface area (Å²) in [5.41, 5.74) is -0.114. The van der Waals surface area contributed by atoms with Crippen LogP contribution in [0.2, 0.25) is 0 Å². The lowest BCUT2D eigenvalue weighted by Gasteiger charge is -2.25. The molecule has 4 rings (SSSR count). The van der Waals surface area contributed by atoms with E-state index in [9.17, 15) is 26.1 Å². The number of fused-ring (bicyclic) bond motifs is 2. The first kappa shape index (κ1) is 21.4. The molecule has 3 aromatic rings. The van der Waals surface area contributed by atoms with Gasteiger partial charge in [0.15, 0.2) is 0 Å². The number of halogens is 3. The van der Waals surface area contributed by atoms with Gasteiger partial charge in [0.1, 0.15) is 16.4 Å². The molecule has 162 valence electrons. The molecule has 0 unspecified atom stereocenters. The molecule has 3 aromatic carbocycles. The maximum atomic E-state index is 13.7. The van der Waals surface area contributed by atoms with Gasteiger partial charge in [-0.1, -0.05) is 30.9 Å². The maximum Gasteiger partial charge on any atom is 0.417 e. The van der Waals surface area contributed by atoms with E-state index in [0.29, 0.717) is 36.6 Å². The summed E-state index contributed by atoms with van der Waals surface area (Å²) >= 11 is 0. The number of rotatable bonds is 4. The van der Waals surface area contributed by atoms with Gasteiger partial charge < -0.3 is 4.74 Å². The van der Waals surface area contributed by atoms with Crippen LogP contribution in [-0.4, -0.2) is 13.0 Å². The van der Waals surface area contributed by atoms with Crippen LogP contribution in [0.25, 0.3) is 16.8 Å². The van der Waals surface area contributed by atoms with E-state index in [1.807, 2.05) is 18.2 Å². The Morgan fingerprint density at radius 3 is 2.26 bits per heavy atom. The van der Waals surface area contributed by atoms with Crippen molar-refractivity contribution in [3.05, 3.63) is 71.3 Å². The molecule has 0 heterocycles. The van der Waals surface area contributed by atoms with Crippen LogP contribution < -0.4 is 4.74 Å². The predicted octanol–water partition coefficient (Wildman–Crippen LogP) is 6.42. The van der Waals surface area contributed by atoms with Crippen molar-refractivity contribution < 1.29 is 30.9 Å². The minimum Gasteiger partial charge on any atom is -0.457 e. The average Bonchev–Trinajstić information content (AvgIpc) is 2.71. The van der Waals surface area contributed by atoms with Gasteiger partial charge in [-0.3, -0.25) is 4.55 Å². The van der Waals surface area contributed by atoms with Gasteiger partial charge in [-0.15, -0.1) is 0 Å². The highest BCUT2D eigenvalue weighted by molar-refractivity contribution is 7.86. The van der Waals surface area contributed by atoms with Crippen molar-refractivity contribution in [1.82, 2.24) is 0 Å². The smallest absolute Gasteiger partial charge is 0.417 e. The minimum absolute atomic E-state index is 0.0185. The first-order valence-electron chi connectivity index (χ1n) is 9.65. The first-order chi connectivity index (χ1) is 14.6. The first-order valence-corrected chi connectivity index (χ1v) is 11.1. The van der Waals surface area contributed by atoms with Gasteiger partial charge in [-0.25, -0.2) is 0 Å². The molecule has 0 radical (unpaired) electrons. The molecule has 0 spiro atoms. The molecule has 1 aliphatic rings. The molecule has 8 heteroatoms. The number of hydrogen-bond donors (Lipinski definition) is 1. The van der Waals surface area contributed by atoms with Crippen molar-refractivity contribution in [2.24, 2.45) is 0 Å². The minimum atomic E-state index is -5.07. The van der Waals surface area contributed by atoms with E-state index < -0.39 is 26.8 Å². The van der Waals surface area contributed by atoms with Crippen molar-refractivity contribution in [3.8, 4) is 11.5 Å². The third-order valence-electron chi connectivity index (χ3n) is 5.42. The Morgan fingerprint density at radius 2 is 1.61 bits per heavy atom. The molecule has 0 saturated carbocycles. The fourth-order valence-electron chi connectivity index (χ4n) is 4.03. The van der Waals surface area contributed by atoms with E-state index in [-0.39, 0.29) is 17.7 Å². The quantitative estimate of drug-likeness (QED) is 0.468. The van der Waals surface area contributed by atoms with E-state index in [4.69, 9.17) is 4.74 Å². The van der Waals surface area contributed by atoms with E-state index >= 15 is 0 Å². The zero-order chi connectivity index (χ0) is 22.4. The van der Waals surface area contributed by atoms with Crippen LogP contribution in [0, 0.1) is 0 Å². The number of benzene rings is 3. The zero-order valence-corrected chi connectivity index (χ0v) is 17.2. The lowest BCUT2D eigenvalue weighted by atomic mass is 9.89. The summed E-state index contributed by atoms with van der Waals surface area (Å²) < 4.78 is 80.2. The zero-order valence-electron chi connectivity index (χ0n) is 16.4. The second-order valence-electron chi connectivity index (χ2n) is 7.46. The van der Waals surface area contributed by atoms with E-state index in [0.717, 1.165) is 16.3 Å². The highest BCUT2D eigenvalue weighted by Gasteiger charge is 2.41. The Morgan fingerprint density at radius 1 is 0.968 bits per heavy atom. The third-order valence-corrected chi connectivity index (χ3v) is 6.40. The fraction of sp³-hybridized carbons (Fsp3) is 0.217. The van der Waals surface area contributed by atoms with Crippen LogP contribution in [0.15, 0.2) is 53.9 Å².